The Hall–Kier alpha value is -6.38. The van der Waals surface area contributed by atoms with Crippen molar-refractivity contribution in [2.24, 2.45) is 0 Å². The van der Waals surface area contributed by atoms with Crippen molar-refractivity contribution in [3.8, 4) is 0 Å². The number of anilines is 6. The Labute approximate surface area is 298 Å². The lowest BCUT2D eigenvalue weighted by molar-refractivity contribution is 0.633. The number of nitrogens with zero attached hydrogens (tertiary/aromatic N) is 2. The van der Waals surface area contributed by atoms with Crippen LogP contribution in [0.15, 0.2) is 182 Å². The molecule has 10 rings (SSSR count). The van der Waals surface area contributed by atoms with Crippen molar-refractivity contribution < 1.29 is 0 Å². The second kappa shape index (κ2) is 11.3. The van der Waals surface area contributed by atoms with E-state index in [9.17, 15) is 0 Å². The highest BCUT2D eigenvalue weighted by Gasteiger charge is 2.38. The molecule has 0 unspecified atom stereocenters. The Morgan fingerprint density at radius 1 is 0.373 bits per heavy atom. The fourth-order valence-corrected chi connectivity index (χ4v) is 8.45. The molecule has 51 heavy (non-hydrogen) atoms. The van der Waals surface area contributed by atoms with Crippen molar-refractivity contribution in [2.75, 3.05) is 9.80 Å². The molecule has 0 spiro atoms. The second-order valence-electron chi connectivity index (χ2n) is 14.2. The maximum Gasteiger partial charge on any atom is 0.0509 e. The molecule has 1 aliphatic heterocycles. The highest BCUT2D eigenvalue weighted by atomic mass is 15.2. The van der Waals surface area contributed by atoms with E-state index in [2.05, 4.69) is 206 Å². The molecule has 0 amide bonds. The lowest BCUT2D eigenvalue weighted by Gasteiger charge is -2.43. The van der Waals surface area contributed by atoms with E-state index in [4.69, 9.17) is 0 Å². The number of rotatable bonds is 4. The van der Waals surface area contributed by atoms with Crippen molar-refractivity contribution in [1.82, 2.24) is 0 Å². The van der Waals surface area contributed by atoms with Crippen LogP contribution < -0.4 is 9.80 Å². The first-order valence-corrected chi connectivity index (χ1v) is 17.8. The van der Waals surface area contributed by atoms with Gasteiger partial charge >= 0.3 is 0 Å². The van der Waals surface area contributed by atoms with Crippen molar-refractivity contribution in [1.29, 1.82) is 0 Å². The summed E-state index contributed by atoms with van der Waals surface area (Å²) in [7, 11) is 0. The largest absolute Gasteiger partial charge is 0.310 e. The Bertz CT molecular complexity index is 2740. The maximum absolute atomic E-state index is 2.50. The second-order valence-corrected chi connectivity index (χ2v) is 14.2. The zero-order valence-electron chi connectivity index (χ0n) is 28.7. The van der Waals surface area contributed by atoms with Crippen LogP contribution in [0.1, 0.15) is 25.0 Å². The first-order valence-electron chi connectivity index (χ1n) is 17.8. The van der Waals surface area contributed by atoms with Gasteiger partial charge in [-0.2, -0.15) is 0 Å². The molecule has 9 aromatic carbocycles. The molecule has 9 aromatic rings. The summed E-state index contributed by atoms with van der Waals surface area (Å²) in [5.41, 5.74) is 9.31. The van der Waals surface area contributed by atoms with Crippen LogP contribution in [0, 0.1) is 0 Å². The fourth-order valence-electron chi connectivity index (χ4n) is 8.45. The van der Waals surface area contributed by atoms with E-state index in [-0.39, 0.29) is 5.41 Å². The highest BCUT2D eigenvalue weighted by molar-refractivity contribution is 6.26. The summed E-state index contributed by atoms with van der Waals surface area (Å²) >= 11 is 0. The molecule has 0 saturated carbocycles. The third kappa shape index (κ3) is 4.57. The van der Waals surface area contributed by atoms with Crippen LogP contribution in [0.2, 0.25) is 0 Å². The third-order valence-corrected chi connectivity index (χ3v) is 10.9. The van der Waals surface area contributed by atoms with Gasteiger partial charge in [-0.05, 0) is 121 Å². The summed E-state index contributed by atoms with van der Waals surface area (Å²) in [6.45, 7) is 4.80. The van der Waals surface area contributed by atoms with Gasteiger partial charge in [-0.15, -0.1) is 0 Å². The Morgan fingerprint density at radius 2 is 0.882 bits per heavy atom. The van der Waals surface area contributed by atoms with E-state index in [1.165, 1.54) is 65.6 Å². The summed E-state index contributed by atoms with van der Waals surface area (Å²) < 4.78 is 0. The average Bonchev–Trinajstić information content (AvgIpc) is 3.19. The Morgan fingerprint density at radius 3 is 1.51 bits per heavy atom. The molecule has 0 fully saturated rings. The van der Waals surface area contributed by atoms with Gasteiger partial charge in [0.05, 0.1) is 11.4 Å². The predicted molar refractivity (Wildman–Crippen MR) is 218 cm³/mol. The van der Waals surface area contributed by atoms with Crippen molar-refractivity contribution in [3.05, 3.63) is 193 Å². The summed E-state index contributed by atoms with van der Waals surface area (Å²) in [5, 5.41) is 10.2. The zero-order chi connectivity index (χ0) is 34.1. The molecule has 0 aliphatic carbocycles. The van der Waals surface area contributed by atoms with Crippen LogP contribution in [0.5, 0.6) is 0 Å². The number of benzene rings is 9. The van der Waals surface area contributed by atoms with E-state index < -0.39 is 0 Å². The zero-order valence-corrected chi connectivity index (χ0v) is 28.7. The van der Waals surface area contributed by atoms with E-state index in [1.807, 2.05) is 0 Å². The van der Waals surface area contributed by atoms with Gasteiger partial charge in [0.2, 0.25) is 0 Å². The molecule has 242 valence electrons. The number of hydrogen-bond donors (Lipinski definition) is 0. The summed E-state index contributed by atoms with van der Waals surface area (Å²) in [6.07, 6.45) is 0. The topological polar surface area (TPSA) is 6.48 Å². The number of fused-ring (bicyclic) bond motifs is 9. The van der Waals surface area contributed by atoms with Crippen molar-refractivity contribution in [2.45, 2.75) is 19.3 Å². The molecular weight excluding hydrogens is 617 g/mol. The summed E-state index contributed by atoms with van der Waals surface area (Å²) in [4.78, 5) is 4.87. The molecular formula is C49H36N2. The van der Waals surface area contributed by atoms with Crippen LogP contribution in [0.25, 0.3) is 43.1 Å². The number of hydrogen-bond acceptors (Lipinski definition) is 2. The van der Waals surface area contributed by atoms with Gasteiger partial charge in [0.25, 0.3) is 0 Å². The summed E-state index contributed by atoms with van der Waals surface area (Å²) in [6, 6.07) is 66.7. The maximum atomic E-state index is 2.50. The van der Waals surface area contributed by atoms with E-state index in [1.54, 1.807) is 0 Å². The fraction of sp³-hybridized carbons (Fsp3) is 0.0612. The first-order chi connectivity index (χ1) is 25.1. The normalized spacial score (nSPS) is 13.4. The highest BCUT2D eigenvalue weighted by Crippen LogP contribution is 2.55. The Balaban J connectivity index is 1.28. The number of para-hydroxylation sites is 2. The Kier molecular flexibility index (Phi) is 6.56. The van der Waals surface area contributed by atoms with Crippen LogP contribution in [0.4, 0.5) is 34.1 Å². The average molecular weight is 653 g/mol. The predicted octanol–water partition coefficient (Wildman–Crippen LogP) is 13.9. The standard InChI is InChI=1S/C49H36N2/c1-49(2)45-30-38(50(35-17-5-3-6-18-35)36-19-7-4-8-20-36)27-28-47(45)51(37-26-25-33-15-9-10-16-34(33)29-37)48-32-44-42-24-14-12-22-40(42)39-21-11-13-23-41(39)43(44)31-46(48)49/h3-32H,1-2H3. The van der Waals surface area contributed by atoms with E-state index in [0.717, 1.165) is 22.7 Å². The van der Waals surface area contributed by atoms with Gasteiger partial charge < -0.3 is 9.80 Å². The lowest BCUT2D eigenvalue weighted by atomic mass is 9.72. The molecule has 2 heteroatoms. The molecule has 0 atom stereocenters. The van der Waals surface area contributed by atoms with Gasteiger partial charge in [-0.1, -0.05) is 129 Å². The van der Waals surface area contributed by atoms with E-state index >= 15 is 0 Å². The summed E-state index contributed by atoms with van der Waals surface area (Å²) in [5.74, 6) is 0. The van der Waals surface area contributed by atoms with Crippen molar-refractivity contribution >= 4 is 77.2 Å². The first kappa shape index (κ1) is 29.5. The SMILES string of the molecule is CC1(C)c2cc(N(c3ccccc3)c3ccccc3)ccc2N(c2ccc3ccccc3c2)c2cc3c4ccccc4c4ccccc4c3cc21. The molecule has 1 aliphatic rings. The van der Waals surface area contributed by atoms with E-state index in [0.29, 0.717) is 0 Å². The van der Waals surface area contributed by atoms with Gasteiger partial charge in [0, 0.05) is 28.2 Å². The monoisotopic (exact) mass is 652 g/mol. The minimum atomic E-state index is -0.298. The van der Waals surface area contributed by atoms with Crippen molar-refractivity contribution in [3.63, 3.8) is 0 Å². The van der Waals surface area contributed by atoms with Crippen LogP contribution in [0.3, 0.4) is 0 Å². The molecule has 0 bridgehead atoms. The quantitative estimate of drug-likeness (QED) is 0.175. The van der Waals surface area contributed by atoms with Gasteiger partial charge in [-0.25, -0.2) is 0 Å². The molecule has 0 saturated heterocycles. The van der Waals surface area contributed by atoms with Crippen LogP contribution in [-0.2, 0) is 5.41 Å². The molecule has 2 nitrogen and oxygen atoms in total. The minimum Gasteiger partial charge on any atom is -0.310 e. The van der Waals surface area contributed by atoms with Gasteiger partial charge in [0.15, 0.2) is 0 Å². The van der Waals surface area contributed by atoms with Crippen LogP contribution >= 0.6 is 0 Å². The molecule has 1 heterocycles. The molecule has 0 radical (unpaired) electrons. The minimum absolute atomic E-state index is 0.298. The van der Waals surface area contributed by atoms with Crippen LogP contribution in [-0.4, -0.2) is 0 Å². The lowest BCUT2D eigenvalue weighted by Crippen LogP contribution is -2.31. The molecule has 0 N–H and O–H groups in total. The van der Waals surface area contributed by atoms with Gasteiger partial charge in [-0.3, -0.25) is 0 Å². The molecule has 0 aromatic heterocycles. The smallest absolute Gasteiger partial charge is 0.0509 e. The van der Waals surface area contributed by atoms with Gasteiger partial charge in [0.1, 0.15) is 0 Å². The third-order valence-electron chi connectivity index (χ3n) is 10.9.